The SMILES string of the molecule is CCN(CC)c1ccc(/C=C(/C#N)C2=NN(c3ccccc3)[C@@H](N)[C@H]2C#N)o1. The molecule has 7 nitrogen and oxygen atoms in total. The molecule has 0 fully saturated rings. The number of nitrogens with zero attached hydrogens (tertiary/aromatic N) is 5. The number of para-hydroxylation sites is 1. The van der Waals surface area contributed by atoms with Crippen molar-refractivity contribution in [1.29, 1.82) is 10.5 Å². The Kier molecular flexibility index (Phi) is 5.78. The van der Waals surface area contributed by atoms with Gasteiger partial charge in [-0.15, -0.1) is 0 Å². The average Bonchev–Trinajstić information content (AvgIpc) is 3.32. The van der Waals surface area contributed by atoms with Crippen molar-refractivity contribution < 1.29 is 4.42 Å². The van der Waals surface area contributed by atoms with E-state index in [4.69, 9.17) is 10.2 Å². The topological polar surface area (TPSA) is 106 Å². The number of allylic oxidation sites excluding steroid dienone is 1. The van der Waals surface area contributed by atoms with E-state index >= 15 is 0 Å². The van der Waals surface area contributed by atoms with Gasteiger partial charge in [0.15, 0.2) is 5.88 Å². The summed E-state index contributed by atoms with van der Waals surface area (Å²) in [6, 6.07) is 17.3. The predicted octanol–water partition coefficient (Wildman–Crippen LogP) is 3.33. The van der Waals surface area contributed by atoms with Gasteiger partial charge in [-0.1, -0.05) is 18.2 Å². The van der Waals surface area contributed by atoms with Gasteiger partial charge in [-0.05, 0) is 32.0 Å². The van der Waals surface area contributed by atoms with Gasteiger partial charge in [-0.25, -0.2) is 5.01 Å². The maximum atomic E-state index is 9.69. The molecule has 1 aliphatic heterocycles. The number of rotatable bonds is 6. The van der Waals surface area contributed by atoms with E-state index in [-0.39, 0.29) is 5.57 Å². The van der Waals surface area contributed by atoms with Crippen molar-refractivity contribution in [3.63, 3.8) is 0 Å². The fourth-order valence-electron chi connectivity index (χ4n) is 3.15. The van der Waals surface area contributed by atoms with Crippen LogP contribution in [-0.4, -0.2) is 25.0 Å². The third kappa shape index (κ3) is 3.62. The number of furan rings is 1. The van der Waals surface area contributed by atoms with E-state index in [1.54, 1.807) is 17.2 Å². The Bertz CT molecular complexity index is 959. The van der Waals surface area contributed by atoms with Crippen LogP contribution in [0.4, 0.5) is 11.6 Å². The molecule has 142 valence electrons. The Morgan fingerprint density at radius 1 is 1.21 bits per heavy atom. The highest BCUT2D eigenvalue weighted by Gasteiger charge is 2.37. The van der Waals surface area contributed by atoms with Gasteiger partial charge in [0, 0.05) is 25.2 Å². The Hall–Kier alpha value is -3.55. The third-order valence-corrected chi connectivity index (χ3v) is 4.66. The zero-order valence-electron chi connectivity index (χ0n) is 15.9. The molecule has 28 heavy (non-hydrogen) atoms. The highest BCUT2D eigenvalue weighted by molar-refractivity contribution is 6.11. The summed E-state index contributed by atoms with van der Waals surface area (Å²) in [5, 5.41) is 25.4. The Morgan fingerprint density at radius 2 is 1.93 bits per heavy atom. The lowest BCUT2D eigenvalue weighted by Crippen LogP contribution is -2.40. The van der Waals surface area contributed by atoms with Crippen molar-refractivity contribution in [3.8, 4) is 12.1 Å². The average molecular weight is 374 g/mol. The van der Waals surface area contributed by atoms with Crippen LogP contribution in [0.15, 0.2) is 57.6 Å². The van der Waals surface area contributed by atoms with Crippen LogP contribution in [0.2, 0.25) is 0 Å². The van der Waals surface area contributed by atoms with Crippen LogP contribution in [0.5, 0.6) is 0 Å². The van der Waals surface area contributed by atoms with Gasteiger partial charge in [-0.2, -0.15) is 15.6 Å². The lowest BCUT2D eigenvalue weighted by Gasteiger charge is -2.21. The predicted molar refractivity (Wildman–Crippen MR) is 109 cm³/mol. The minimum absolute atomic E-state index is 0.265. The first-order valence-electron chi connectivity index (χ1n) is 9.17. The second kappa shape index (κ2) is 8.43. The minimum Gasteiger partial charge on any atom is -0.441 e. The van der Waals surface area contributed by atoms with E-state index in [2.05, 4.69) is 22.1 Å². The number of benzene rings is 1. The molecule has 2 heterocycles. The van der Waals surface area contributed by atoms with E-state index in [0.29, 0.717) is 11.5 Å². The molecule has 0 bridgehead atoms. The van der Waals surface area contributed by atoms with Gasteiger partial charge in [0.2, 0.25) is 0 Å². The summed E-state index contributed by atoms with van der Waals surface area (Å²) in [5.74, 6) is 0.550. The highest BCUT2D eigenvalue weighted by atomic mass is 16.4. The van der Waals surface area contributed by atoms with Gasteiger partial charge >= 0.3 is 0 Å². The quantitative estimate of drug-likeness (QED) is 0.778. The van der Waals surface area contributed by atoms with Crippen molar-refractivity contribution in [2.24, 2.45) is 16.8 Å². The van der Waals surface area contributed by atoms with Crippen LogP contribution in [0.25, 0.3) is 6.08 Å². The molecule has 0 amide bonds. The molecule has 0 radical (unpaired) electrons. The second-order valence-corrected chi connectivity index (χ2v) is 6.28. The maximum absolute atomic E-state index is 9.69. The van der Waals surface area contributed by atoms with Crippen LogP contribution in [0.1, 0.15) is 19.6 Å². The van der Waals surface area contributed by atoms with Crippen LogP contribution in [0.3, 0.4) is 0 Å². The van der Waals surface area contributed by atoms with E-state index < -0.39 is 12.1 Å². The second-order valence-electron chi connectivity index (χ2n) is 6.28. The zero-order chi connectivity index (χ0) is 20.1. The molecule has 0 saturated heterocycles. The van der Waals surface area contributed by atoms with Gasteiger partial charge < -0.3 is 15.1 Å². The first kappa shape index (κ1) is 19.2. The van der Waals surface area contributed by atoms with Crippen molar-refractivity contribution >= 4 is 23.4 Å². The summed E-state index contributed by atoms with van der Waals surface area (Å²) in [5.41, 5.74) is 7.63. The standard InChI is InChI=1S/C21H22N6O/c1-3-26(4-2)19-11-10-17(28-19)12-15(13-22)20-18(14-23)21(24)27(25-20)16-8-6-5-7-9-16/h5-12,18,21H,3-4,24H2,1-2H3/b15-12-/t18-,21+/m0/s1. The first-order valence-corrected chi connectivity index (χ1v) is 9.17. The van der Waals surface area contributed by atoms with E-state index in [1.807, 2.05) is 50.2 Å². The van der Waals surface area contributed by atoms with E-state index in [0.717, 1.165) is 24.7 Å². The van der Waals surface area contributed by atoms with Gasteiger partial charge in [-0.3, -0.25) is 0 Å². The van der Waals surface area contributed by atoms with Gasteiger partial charge in [0.1, 0.15) is 23.9 Å². The normalized spacial score (nSPS) is 19.1. The molecular formula is C21H22N6O. The molecule has 0 unspecified atom stereocenters. The Balaban J connectivity index is 1.96. The van der Waals surface area contributed by atoms with Crippen LogP contribution < -0.4 is 15.6 Å². The number of nitrogens with two attached hydrogens (primary N) is 1. The Labute approximate surface area is 164 Å². The molecular weight excluding hydrogens is 352 g/mol. The number of nitriles is 2. The molecule has 1 aromatic carbocycles. The van der Waals surface area contributed by atoms with E-state index in [9.17, 15) is 10.5 Å². The molecule has 1 aromatic heterocycles. The van der Waals surface area contributed by atoms with Crippen molar-refractivity contribution in [2.45, 2.75) is 20.0 Å². The molecule has 1 aliphatic rings. The molecule has 0 saturated carbocycles. The summed E-state index contributed by atoms with van der Waals surface area (Å²) in [7, 11) is 0. The molecule has 0 aliphatic carbocycles. The molecule has 2 aromatic rings. The van der Waals surface area contributed by atoms with Crippen molar-refractivity contribution in [3.05, 3.63) is 53.8 Å². The van der Waals surface area contributed by atoms with Crippen LogP contribution in [0, 0.1) is 28.6 Å². The molecule has 2 atom stereocenters. The minimum atomic E-state index is -0.719. The number of anilines is 2. The number of hydrogen-bond donors (Lipinski definition) is 1. The maximum Gasteiger partial charge on any atom is 0.196 e. The molecule has 3 rings (SSSR count). The van der Waals surface area contributed by atoms with Crippen LogP contribution in [-0.2, 0) is 0 Å². The van der Waals surface area contributed by atoms with Crippen molar-refractivity contribution in [2.75, 3.05) is 23.0 Å². The first-order chi connectivity index (χ1) is 13.6. The molecule has 0 spiro atoms. The fourth-order valence-corrected chi connectivity index (χ4v) is 3.15. The Morgan fingerprint density at radius 3 is 2.54 bits per heavy atom. The molecule has 2 N–H and O–H groups in total. The third-order valence-electron chi connectivity index (χ3n) is 4.66. The number of hydrogen-bond acceptors (Lipinski definition) is 7. The smallest absolute Gasteiger partial charge is 0.196 e. The summed E-state index contributed by atoms with van der Waals surface area (Å²) in [6.07, 6.45) is 0.944. The summed E-state index contributed by atoms with van der Waals surface area (Å²) in [6.45, 7) is 5.74. The number of hydrazone groups is 1. The largest absolute Gasteiger partial charge is 0.441 e. The van der Waals surface area contributed by atoms with Gasteiger partial charge in [0.05, 0.1) is 23.0 Å². The van der Waals surface area contributed by atoms with E-state index in [1.165, 1.54) is 0 Å². The fraction of sp³-hybridized carbons (Fsp3) is 0.286. The summed E-state index contributed by atoms with van der Waals surface area (Å²) >= 11 is 0. The highest BCUT2D eigenvalue weighted by Crippen LogP contribution is 2.29. The van der Waals surface area contributed by atoms with Crippen LogP contribution >= 0.6 is 0 Å². The lowest BCUT2D eigenvalue weighted by atomic mass is 9.96. The molecule has 7 heteroatoms. The van der Waals surface area contributed by atoms with Gasteiger partial charge in [0.25, 0.3) is 0 Å². The zero-order valence-corrected chi connectivity index (χ0v) is 15.9. The van der Waals surface area contributed by atoms with Crippen molar-refractivity contribution in [1.82, 2.24) is 0 Å². The summed E-state index contributed by atoms with van der Waals surface area (Å²) in [4.78, 5) is 2.07. The summed E-state index contributed by atoms with van der Waals surface area (Å²) < 4.78 is 5.84. The lowest BCUT2D eigenvalue weighted by molar-refractivity contribution is 0.541. The monoisotopic (exact) mass is 374 g/mol.